The van der Waals surface area contributed by atoms with Crippen LogP contribution in [0.1, 0.15) is 20.9 Å². The zero-order valence-electron chi connectivity index (χ0n) is 14.8. The number of nitrogens with one attached hydrogen (secondary N) is 2. The second-order valence-corrected chi connectivity index (χ2v) is 6.13. The Bertz CT molecular complexity index is 1050. The van der Waals surface area contributed by atoms with Crippen molar-refractivity contribution in [1.29, 1.82) is 0 Å². The molecular formula is C20H14ClFN2O5. The summed E-state index contributed by atoms with van der Waals surface area (Å²) in [4.78, 5) is 36.4. The smallest absolute Gasteiger partial charge is 0.340 e. The average molecular weight is 417 g/mol. The van der Waals surface area contributed by atoms with Crippen LogP contribution in [0.5, 0.6) is 0 Å². The molecule has 1 heterocycles. The Morgan fingerprint density at radius 3 is 2.52 bits per heavy atom. The fourth-order valence-electron chi connectivity index (χ4n) is 2.35. The number of furan rings is 1. The Kier molecular flexibility index (Phi) is 6.25. The molecule has 1 aromatic heterocycles. The number of hydrogen-bond acceptors (Lipinski definition) is 5. The maximum atomic E-state index is 13.0. The molecule has 2 N–H and O–H groups in total. The lowest BCUT2D eigenvalue weighted by Gasteiger charge is -2.11. The van der Waals surface area contributed by atoms with Crippen molar-refractivity contribution in [2.24, 2.45) is 0 Å². The van der Waals surface area contributed by atoms with Crippen LogP contribution in [-0.4, -0.2) is 24.4 Å². The molecular weight excluding hydrogens is 403 g/mol. The summed E-state index contributed by atoms with van der Waals surface area (Å²) in [6.45, 7) is -0.604. The minimum Gasteiger partial charge on any atom is -0.459 e. The van der Waals surface area contributed by atoms with E-state index in [0.717, 1.165) is 12.1 Å². The molecule has 0 aliphatic carbocycles. The van der Waals surface area contributed by atoms with Gasteiger partial charge in [0.25, 0.3) is 11.8 Å². The number of carbonyl (C=O) groups is 3. The fraction of sp³-hybridized carbons (Fsp3) is 0.0500. The number of para-hydroxylation sites is 1. The molecule has 2 aromatic carbocycles. The summed E-state index contributed by atoms with van der Waals surface area (Å²) in [7, 11) is 0. The number of halogens is 2. The van der Waals surface area contributed by atoms with Gasteiger partial charge in [-0.2, -0.15) is 0 Å². The number of ether oxygens (including phenoxy) is 1. The van der Waals surface area contributed by atoms with E-state index in [1.54, 1.807) is 18.2 Å². The van der Waals surface area contributed by atoms with Crippen molar-refractivity contribution < 1.29 is 27.9 Å². The van der Waals surface area contributed by atoms with E-state index in [0.29, 0.717) is 0 Å². The van der Waals surface area contributed by atoms with Gasteiger partial charge in [-0.1, -0.05) is 23.7 Å². The summed E-state index contributed by atoms with van der Waals surface area (Å²) in [5, 5.41) is 4.97. The highest BCUT2D eigenvalue weighted by Crippen LogP contribution is 2.22. The van der Waals surface area contributed by atoms with Crippen LogP contribution in [0.15, 0.2) is 65.3 Å². The molecule has 2 amide bonds. The minimum atomic E-state index is -0.819. The number of benzene rings is 2. The lowest BCUT2D eigenvalue weighted by Crippen LogP contribution is -2.22. The van der Waals surface area contributed by atoms with Crippen molar-refractivity contribution in [3.8, 4) is 0 Å². The Morgan fingerprint density at radius 2 is 1.79 bits per heavy atom. The Hall–Kier alpha value is -3.65. The molecule has 0 atom stereocenters. The highest BCUT2D eigenvalue weighted by molar-refractivity contribution is 6.33. The van der Waals surface area contributed by atoms with Gasteiger partial charge in [-0.05, 0) is 42.5 Å². The van der Waals surface area contributed by atoms with Gasteiger partial charge in [0, 0.05) is 0 Å². The fourth-order valence-corrected chi connectivity index (χ4v) is 2.56. The van der Waals surface area contributed by atoms with Gasteiger partial charge >= 0.3 is 5.97 Å². The zero-order valence-corrected chi connectivity index (χ0v) is 15.5. The lowest BCUT2D eigenvalue weighted by atomic mass is 10.1. The van der Waals surface area contributed by atoms with E-state index >= 15 is 0 Å². The van der Waals surface area contributed by atoms with E-state index in [1.807, 2.05) is 0 Å². The van der Waals surface area contributed by atoms with Crippen molar-refractivity contribution in [2.45, 2.75) is 0 Å². The van der Waals surface area contributed by atoms with Gasteiger partial charge in [0.1, 0.15) is 5.82 Å². The van der Waals surface area contributed by atoms with E-state index in [4.69, 9.17) is 20.8 Å². The van der Waals surface area contributed by atoms with E-state index in [-0.39, 0.29) is 27.7 Å². The number of hydrogen-bond donors (Lipinski definition) is 2. The molecule has 0 saturated carbocycles. The number of esters is 1. The molecule has 0 fully saturated rings. The number of amides is 2. The third-order valence-electron chi connectivity index (χ3n) is 3.68. The van der Waals surface area contributed by atoms with E-state index in [1.165, 1.54) is 30.5 Å². The standard InChI is InChI=1S/C20H14ClFN2O5/c21-14-10-12(22)7-8-16(14)23-18(25)11-29-20(27)13-4-1-2-5-15(13)24-19(26)17-6-3-9-28-17/h1-10H,11H2,(H,23,25)(H,24,26). The molecule has 0 aliphatic heterocycles. The highest BCUT2D eigenvalue weighted by Gasteiger charge is 2.18. The van der Waals surface area contributed by atoms with Gasteiger partial charge in [-0.15, -0.1) is 0 Å². The molecule has 3 aromatic rings. The van der Waals surface area contributed by atoms with E-state index in [9.17, 15) is 18.8 Å². The molecule has 148 valence electrons. The Labute approximate surface area is 169 Å². The van der Waals surface area contributed by atoms with Crippen LogP contribution in [0.2, 0.25) is 5.02 Å². The van der Waals surface area contributed by atoms with Crippen molar-refractivity contribution in [2.75, 3.05) is 17.2 Å². The summed E-state index contributed by atoms with van der Waals surface area (Å²) in [5.74, 6) is -2.50. The maximum absolute atomic E-state index is 13.0. The molecule has 0 radical (unpaired) electrons. The Morgan fingerprint density at radius 1 is 1.00 bits per heavy atom. The summed E-state index contributed by atoms with van der Waals surface area (Å²) in [5.41, 5.74) is 0.432. The van der Waals surface area contributed by atoms with Crippen molar-refractivity contribution in [1.82, 2.24) is 0 Å². The van der Waals surface area contributed by atoms with Crippen LogP contribution < -0.4 is 10.6 Å². The van der Waals surface area contributed by atoms with Gasteiger partial charge in [0.15, 0.2) is 12.4 Å². The predicted octanol–water partition coefficient (Wildman–Crippen LogP) is 4.12. The first-order valence-corrected chi connectivity index (χ1v) is 8.68. The molecule has 9 heteroatoms. The predicted molar refractivity (Wildman–Crippen MR) is 103 cm³/mol. The first-order chi connectivity index (χ1) is 13.9. The van der Waals surface area contributed by atoms with Gasteiger partial charge < -0.3 is 19.8 Å². The normalized spacial score (nSPS) is 10.3. The van der Waals surface area contributed by atoms with Crippen LogP contribution in [0.25, 0.3) is 0 Å². The number of carbonyl (C=O) groups excluding carboxylic acids is 3. The second kappa shape index (κ2) is 9.03. The topological polar surface area (TPSA) is 97.6 Å². The second-order valence-electron chi connectivity index (χ2n) is 5.73. The molecule has 7 nitrogen and oxygen atoms in total. The van der Waals surface area contributed by atoms with Crippen molar-refractivity contribution >= 4 is 40.8 Å². The lowest BCUT2D eigenvalue weighted by molar-refractivity contribution is -0.119. The van der Waals surface area contributed by atoms with Crippen LogP contribution in [-0.2, 0) is 9.53 Å². The molecule has 29 heavy (non-hydrogen) atoms. The SMILES string of the molecule is O=C(COC(=O)c1ccccc1NC(=O)c1ccco1)Nc1ccc(F)cc1Cl. The number of anilines is 2. The quantitative estimate of drug-likeness (QED) is 0.589. The summed E-state index contributed by atoms with van der Waals surface area (Å²) in [6.07, 6.45) is 1.35. The van der Waals surface area contributed by atoms with E-state index < -0.39 is 30.2 Å². The van der Waals surface area contributed by atoms with Crippen molar-refractivity contribution in [3.05, 3.63) is 83.0 Å². The average Bonchev–Trinajstić information content (AvgIpc) is 3.24. The summed E-state index contributed by atoms with van der Waals surface area (Å²) >= 11 is 5.83. The zero-order chi connectivity index (χ0) is 20.8. The molecule has 0 bridgehead atoms. The van der Waals surface area contributed by atoms with Crippen LogP contribution in [0.3, 0.4) is 0 Å². The van der Waals surface area contributed by atoms with Crippen LogP contribution in [0.4, 0.5) is 15.8 Å². The van der Waals surface area contributed by atoms with Crippen molar-refractivity contribution in [3.63, 3.8) is 0 Å². The minimum absolute atomic E-state index is 0.00987. The largest absolute Gasteiger partial charge is 0.459 e. The van der Waals surface area contributed by atoms with Crippen LogP contribution >= 0.6 is 11.6 Å². The molecule has 0 saturated heterocycles. The van der Waals surface area contributed by atoms with Crippen LogP contribution in [0, 0.1) is 5.82 Å². The first-order valence-electron chi connectivity index (χ1n) is 8.30. The van der Waals surface area contributed by atoms with Gasteiger partial charge in [0.2, 0.25) is 0 Å². The molecule has 0 spiro atoms. The first kappa shape index (κ1) is 20.1. The monoisotopic (exact) mass is 416 g/mol. The Balaban J connectivity index is 1.62. The van der Waals surface area contributed by atoms with Gasteiger partial charge in [-0.3, -0.25) is 9.59 Å². The molecule has 0 aliphatic rings. The highest BCUT2D eigenvalue weighted by atomic mass is 35.5. The molecule has 3 rings (SSSR count). The summed E-state index contributed by atoms with van der Waals surface area (Å²) < 4.78 is 23.0. The van der Waals surface area contributed by atoms with Gasteiger partial charge in [-0.25, -0.2) is 9.18 Å². The maximum Gasteiger partial charge on any atom is 0.340 e. The third-order valence-corrected chi connectivity index (χ3v) is 3.99. The summed E-state index contributed by atoms with van der Waals surface area (Å²) in [6, 6.07) is 12.6. The third kappa shape index (κ3) is 5.20. The molecule has 0 unspecified atom stereocenters. The van der Waals surface area contributed by atoms with Gasteiger partial charge in [0.05, 0.1) is 28.2 Å². The van der Waals surface area contributed by atoms with E-state index in [2.05, 4.69) is 10.6 Å². The number of rotatable bonds is 6.